The van der Waals surface area contributed by atoms with Gasteiger partial charge in [-0.05, 0) is 32.4 Å². The van der Waals surface area contributed by atoms with Crippen molar-refractivity contribution in [3.8, 4) is 11.5 Å². The summed E-state index contributed by atoms with van der Waals surface area (Å²) in [5, 5.41) is 127. The molecule has 0 saturated carbocycles. The maximum Gasteiger partial charge on any atom is 0.124 e. The normalized spacial score (nSPS) is 18.7. The number of hydrogen-bond donors (Lipinski definition) is 14. The molecule has 318 valence electrons. The number of benzene rings is 2. The monoisotopic (exact) mass is 803 g/mol. The minimum atomic E-state index is -1.73. The van der Waals surface area contributed by atoms with E-state index in [1.165, 1.54) is 0 Å². The average Bonchev–Trinajstić information content (AvgIpc) is 3.18. The minimum Gasteiger partial charge on any atom is -0.507 e. The van der Waals surface area contributed by atoms with E-state index in [2.05, 4.69) is 20.4 Å². The van der Waals surface area contributed by atoms with E-state index in [1.54, 1.807) is 0 Å². The van der Waals surface area contributed by atoms with Gasteiger partial charge < -0.3 is 71.9 Å². The molecule has 2 aromatic carbocycles. The lowest BCUT2D eigenvalue weighted by Crippen LogP contribution is -2.48. The molecule has 1 aromatic heterocycles. The van der Waals surface area contributed by atoms with Crippen molar-refractivity contribution < 1.29 is 61.3 Å². The number of nitrogens with one attached hydrogen (secondary N) is 2. The molecule has 17 heteroatoms. The first-order valence-corrected chi connectivity index (χ1v) is 19.2. The maximum absolute atomic E-state index is 11.3. The second kappa shape index (κ2) is 22.1. The highest BCUT2D eigenvalue weighted by molar-refractivity contribution is 5.44. The number of fused-ring (bicyclic) bond motifs is 2. The van der Waals surface area contributed by atoms with Gasteiger partial charge in [0.1, 0.15) is 48.1 Å². The summed E-state index contributed by atoms with van der Waals surface area (Å²) in [6, 6.07) is 13.3. The van der Waals surface area contributed by atoms with E-state index in [0.717, 1.165) is 28.9 Å². The van der Waals surface area contributed by atoms with Crippen molar-refractivity contribution in [2.75, 3.05) is 39.4 Å². The van der Waals surface area contributed by atoms with E-state index in [0.29, 0.717) is 61.5 Å². The lowest BCUT2D eigenvalue weighted by molar-refractivity contribution is -0.114. The van der Waals surface area contributed by atoms with Crippen molar-refractivity contribution in [1.82, 2.24) is 25.4 Å². The van der Waals surface area contributed by atoms with Crippen LogP contribution in [0.2, 0.25) is 0 Å². The van der Waals surface area contributed by atoms with Gasteiger partial charge in [0, 0.05) is 87.7 Å². The number of aliphatic hydroxyl groups excluding tert-OH is 10. The van der Waals surface area contributed by atoms with E-state index in [1.807, 2.05) is 56.3 Å². The van der Waals surface area contributed by atoms with Crippen molar-refractivity contribution in [3.63, 3.8) is 0 Å². The second-order valence-electron chi connectivity index (χ2n) is 15.1. The number of pyridine rings is 1. The van der Waals surface area contributed by atoms with Crippen LogP contribution in [0, 0.1) is 13.8 Å². The summed E-state index contributed by atoms with van der Waals surface area (Å²) < 4.78 is 0. The van der Waals surface area contributed by atoms with Crippen molar-refractivity contribution >= 4 is 0 Å². The van der Waals surface area contributed by atoms with E-state index in [-0.39, 0.29) is 37.7 Å². The Labute approximate surface area is 332 Å². The van der Waals surface area contributed by atoms with Crippen molar-refractivity contribution in [2.24, 2.45) is 0 Å². The molecule has 1 aliphatic rings. The number of phenols is 2. The Kier molecular flexibility index (Phi) is 18.0. The van der Waals surface area contributed by atoms with Gasteiger partial charge in [-0.2, -0.15) is 0 Å². The number of rotatable bonds is 20. The number of aromatic hydroxyl groups is 2. The third kappa shape index (κ3) is 13.3. The van der Waals surface area contributed by atoms with Gasteiger partial charge in [0.05, 0.1) is 36.8 Å². The molecular formula is C40H61N5O12. The van der Waals surface area contributed by atoms with Gasteiger partial charge in [0.25, 0.3) is 0 Å². The van der Waals surface area contributed by atoms with Gasteiger partial charge in [-0.3, -0.25) is 14.8 Å². The zero-order valence-electron chi connectivity index (χ0n) is 32.6. The molecule has 17 nitrogen and oxygen atoms in total. The third-order valence-corrected chi connectivity index (χ3v) is 10.2. The van der Waals surface area contributed by atoms with Gasteiger partial charge in [-0.25, -0.2) is 0 Å². The minimum absolute atomic E-state index is 0.0864. The fourth-order valence-electron chi connectivity index (χ4n) is 7.05. The van der Waals surface area contributed by atoms with E-state index in [9.17, 15) is 51.1 Å². The zero-order chi connectivity index (χ0) is 41.8. The molecule has 8 atom stereocenters. The Balaban J connectivity index is 1.41. The Morgan fingerprint density at radius 3 is 1.33 bits per heavy atom. The predicted octanol–water partition coefficient (Wildman–Crippen LogP) is -2.43. The molecule has 14 N–H and O–H groups in total. The summed E-state index contributed by atoms with van der Waals surface area (Å²) in [4.78, 5) is 9.33. The van der Waals surface area contributed by atoms with Crippen molar-refractivity contribution in [2.45, 2.75) is 108 Å². The quantitative estimate of drug-likeness (QED) is 0.0565. The number of aryl methyl sites for hydroxylation is 2. The summed E-state index contributed by atoms with van der Waals surface area (Å²) in [6.45, 7) is 5.54. The summed E-state index contributed by atoms with van der Waals surface area (Å²) in [6.07, 6.45) is -12.2. The molecular weight excluding hydrogens is 742 g/mol. The number of nitrogens with zero attached hydrogens (tertiary/aromatic N) is 3. The molecule has 0 amide bonds. The molecule has 0 fully saturated rings. The number of phenolic OH excluding ortho intramolecular Hbond substituents is 2. The molecule has 57 heavy (non-hydrogen) atoms. The summed E-state index contributed by atoms with van der Waals surface area (Å²) in [7, 11) is 0. The standard InChI is InChI=1S/C40H61N5O12/c1-23-9-25(13-41-15-31(48)37(54)39(56)33(50)21-46)35(52)27(11-23)17-44-7-4-8-45(20-30-6-3-5-29(19-44)43-30)18-28-12-24(2)10-26(36(28)53)14-42-16-32(49)38(55)40(57)34(51)22-47/h3,5-6,9-12,31-34,37-42,46-57H,4,7-8,13-22H2,1-2H3. The summed E-state index contributed by atoms with van der Waals surface area (Å²) in [5.74, 6) is 0.173. The van der Waals surface area contributed by atoms with Crippen LogP contribution in [0.1, 0.15) is 51.2 Å². The number of aromatic nitrogens is 1. The van der Waals surface area contributed by atoms with Crippen molar-refractivity contribution in [1.29, 1.82) is 0 Å². The van der Waals surface area contributed by atoms with Gasteiger partial charge in [0.2, 0.25) is 0 Å². The van der Waals surface area contributed by atoms with Gasteiger partial charge in [0.15, 0.2) is 0 Å². The molecule has 0 aliphatic carbocycles. The summed E-state index contributed by atoms with van der Waals surface area (Å²) in [5.41, 5.74) is 6.10. The molecule has 1 aliphatic heterocycles. The Hall–Kier alpha value is -3.37. The van der Waals surface area contributed by atoms with E-state index in [4.69, 9.17) is 15.2 Å². The van der Waals surface area contributed by atoms with Crippen LogP contribution in [-0.2, 0) is 39.3 Å². The molecule has 0 saturated heterocycles. The van der Waals surface area contributed by atoms with Crippen LogP contribution in [0.3, 0.4) is 0 Å². The van der Waals surface area contributed by atoms with E-state index < -0.39 is 62.0 Å². The van der Waals surface area contributed by atoms with Crippen LogP contribution in [0.15, 0.2) is 42.5 Å². The van der Waals surface area contributed by atoms with E-state index >= 15 is 0 Å². The molecule has 8 unspecified atom stereocenters. The fraction of sp³-hybridized carbons (Fsp3) is 0.575. The highest BCUT2D eigenvalue weighted by Crippen LogP contribution is 2.29. The lowest BCUT2D eigenvalue weighted by Gasteiger charge is -2.29. The first-order chi connectivity index (χ1) is 27.1. The van der Waals surface area contributed by atoms with Gasteiger partial charge >= 0.3 is 0 Å². The Morgan fingerprint density at radius 1 is 0.579 bits per heavy atom. The van der Waals surface area contributed by atoms with Crippen LogP contribution in [0.4, 0.5) is 0 Å². The topological polar surface area (TPSA) is 286 Å². The maximum atomic E-state index is 11.3. The molecule has 4 rings (SSSR count). The van der Waals surface area contributed by atoms with Crippen LogP contribution in [0.25, 0.3) is 0 Å². The fourth-order valence-corrected chi connectivity index (χ4v) is 7.05. The van der Waals surface area contributed by atoms with Gasteiger partial charge in [-0.15, -0.1) is 0 Å². The van der Waals surface area contributed by atoms with Crippen LogP contribution < -0.4 is 10.6 Å². The van der Waals surface area contributed by atoms with Gasteiger partial charge in [-0.1, -0.05) is 41.5 Å². The lowest BCUT2D eigenvalue weighted by atomic mass is 10.0. The largest absolute Gasteiger partial charge is 0.507 e. The first kappa shape index (κ1) is 46.3. The van der Waals surface area contributed by atoms with Crippen LogP contribution in [-0.4, -0.2) is 164 Å². The highest BCUT2D eigenvalue weighted by atomic mass is 16.4. The summed E-state index contributed by atoms with van der Waals surface area (Å²) >= 11 is 0. The zero-order valence-corrected chi connectivity index (χ0v) is 32.6. The highest BCUT2D eigenvalue weighted by Gasteiger charge is 2.31. The Morgan fingerprint density at radius 2 is 0.947 bits per heavy atom. The SMILES string of the molecule is Cc1cc(CNCC(O)C(O)C(O)C(O)CO)c(O)c(CN2CCCN(Cc3cc(C)cc(CNCC(O)C(O)C(O)C(O)CO)c3O)Cc3cccc(n3)C2)c1. The molecule has 0 radical (unpaired) electrons. The van der Waals surface area contributed by atoms with Crippen LogP contribution in [0.5, 0.6) is 11.5 Å². The smallest absolute Gasteiger partial charge is 0.124 e. The van der Waals surface area contributed by atoms with Crippen LogP contribution >= 0.6 is 0 Å². The predicted molar refractivity (Wildman–Crippen MR) is 208 cm³/mol. The Bertz CT molecular complexity index is 1590. The number of aliphatic hydroxyl groups is 10. The average molecular weight is 804 g/mol. The molecule has 0 spiro atoms. The molecule has 3 aromatic rings. The van der Waals surface area contributed by atoms with Crippen molar-refractivity contribution in [3.05, 3.63) is 87.2 Å². The number of hydrogen-bond acceptors (Lipinski definition) is 17. The molecule has 2 heterocycles. The first-order valence-electron chi connectivity index (χ1n) is 19.2. The third-order valence-electron chi connectivity index (χ3n) is 10.2. The molecule has 2 bridgehead atoms. The second-order valence-corrected chi connectivity index (χ2v) is 15.1.